The third kappa shape index (κ3) is 5.24. The van der Waals surface area contributed by atoms with Crippen molar-refractivity contribution in [2.75, 3.05) is 33.2 Å². The normalized spacial score (nSPS) is 18.2. The molecule has 0 spiro atoms. The number of hydrogen-bond donors (Lipinski definition) is 0. The van der Waals surface area contributed by atoms with Gasteiger partial charge < -0.3 is 14.5 Å². The van der Waals surface area contributed by atoms with E-state index in [0.29, 0.717) is 21.7 Å². The predicted molar refractivity (Wildman–Crippen MR) is 120 cm³/mol. The highest BCUT2D eigenvalue weighted by Crippen LogP contribution is 2.39. The highest BCUT2D eigenvalue weighted by atomic mass is 32.2. The van der Waals surface area contributed by atoms with E-state index in [4.69, 9.17) is 10.00 Å². The van der Waals surface area contributed by atoms with Gasteiger partial charge in [0.2, 0.25) is 0 Å². The highest BCUT2D eigenvalue weighted by molar-refractivity contribution is 8.18. The molecule has 2 heterocycles. The van der Waals surface area contributed by atoms with Crippen molar-refractivity contribution in [3.8, 4) is 17.6 Å². The first-order valence-corrected chi connectivity index (χ1v) is 11.0. The van der Waals surface area contributed by atoms with Gasteiger partial charge in [-0.1, -0.05) is 6.07 Å². The molecule has 176 valence electrons. The molecule has 0 aliphatic carbocycles. The van der Waals surface area contributed by atoms with E-state index in [-0.39, 0.29) is 5.56 Å². The molecule has 0 bridgehead atoms. The van der Waals surface area contributed by atoms with Gasteiger partial charge in [0.1, 0.15) is 5.75 Å². The molecule has 1 fully saturated rings. The van der Waals surface area contributed by atoms with Crippen molar-refractivity contribution < 1.29 is 27.1 Å². The molecular formula is C23H18F4N4O2S. The third-order valence-corrected chi connectivity index (χ3v) is 6.32. The van der Waals surface area contributed by atoms with Crippen molar-refractivity contribution in [3.05, 3.63) is 63.8 Å². The first-order valence-electron chi connectivity index (χ1n) is 10.2. The fourth-order valence-electron chi connectivity index (χ4n) is 3.40. The van der Waals surface area contributed by atoms with E-state index in [9.17, 15) is 22.4 Å². The second-order valence-corrected chi connectivity index (χ2v) is 8.72. The quantitative estimate of drug-likeness (QED) is 0.458. The van der Waals surface area contributed by atoms with Crippen LogP contribution in [0.2, 0.25) is 0 Å². The molecule has 0 unspecified atom stereocenters. The van der Waals surface area contributed by atoms with Crippen molar-refractivity contribution in [3.63, 3.8) is 0 Å². The van der Waals surface area contributed by atoms with Crippen LogP contribution in [0.3, 0.4) is 0 Å². The molecule has 0 atom stereocenters. The van der Waals surface area contributed by atoms with E-state index in [1.165, 1.54) is 30.0 Å². The second-order valence-electron chi connectivity index (χ2n) is 7.71. The number of amides is 1. The number of piperazine rings is 1. The number of nitriles is 1. The maximum atomic E-state index is 14.7. The summed E-state index contributed by atoms with van der Waals surface area (Å²) in [6.07, 6.45) is -3.31. The van der Waals surface area contributed by atoms with Crippen molar-refractivity contribution in [1.82, 2.24) is 9.80 Å². The zero-order valence-corrected chi connectivity index (χ0v) is 18.7. The Hall–Kier alpha value is -3.36. The van der Waals surface area contributed by atoms with E-state index in [1.807, 2.05) is 11.9 Å². The number of rotatable bonds is 3. The molecule has 4 rings (SSSR count). The topological polar surface area (TPSA) is 68.9 Å². The Morgan fingerprint density at radius 1 is 1.12 bits per heavy atom. The summed E-state index contributed by atoms with van der Waals surface area (Å²) in [5.74, 6) is -2.37. The maximum absolute atomic E-state index is 14.7. The predicted octanol–water partition coefficient (Wildman–Crippen LogP) is 4.73. The minimum Gasteiger partial charge on any atom is -0.454 e. The van der Waals surface area contributed by atoms with Crippen molar-refractivity contribution in [2.45, 2.75) is 6.18 Å². The van der Waals surface area contributed by atoms with Gasteiger partial charge in [0, 0.05) is 26.2 Å². The van der Waals surface area contributed by atoms with Gasteiger partial charge in [0.25, 0.3) is 5.91 Å². The molecular weight excluding hydrogens is 472 g/mol. The lowest BCUT2D eigenvalue weighted by molar-refractivity contribution is -0.138. The van der Waals surface area contributed by atoms with Gasteiger partial charge in [0.15, 0.2) is 16.7 Å². The van der Waals surface area contributed by atoms with E-state index in [2.05, 4.69) is 9.89 Å². The zero-order valence-electron chi connectivity index (χ0n) is 17.9. The highest BCUT2D eigenvalue weighted by Gasteiger charge is 2.35. The lowest BCUT2D eigenvalue weighted by Crippen LogP contribution is -2.46. The molecule has 1 saturated heterocycles. The van der Waals surface area contributed by atoms with E-state index in [0.717, 1.165) is 44.4 Å². The number of halogens is 4. The average Bonchev–Trinajstić information content (AvgIpc) is 3.15. The van der Waals surface area contributed by atoms with Crippen LogP contribution in [0.15, 0.2) is 46.3 Å². The minimum absolute atomic E-state index is 0.195. The SMILES string of the molecule is CN1CCN(C2=NC(=O)/C(=C/c3ccc(Oc4ccc(C#N)cc4C(F)(F)F)c(F)c3)S2)CC1. The smallest absolute Gasteiger partial charge is 0.420 e. The molecule has 6 nitrogen and oxygen atoms in total. The van der Waals surface area contributed by atoms with Crippen molar-refractivity contribution in [1.29, 1.82) is 5.26 Å². The standard InChI is InChI=1S/C23H18F4N4O2S/c1-30-6-8-31(9-7-30)22-29-21(32)20(34-22)12-14-2-5-19(17(24)11-14)33-18-4-3-15(13-28)10-16(18)23(25,26)27/h2-5,10-12H,6-9H2,1H3/b20-12-. The van der Waals surface area contributed by atoms with Gasteiger partial charge in [-0.15, -0.1) is 0 Å². The fraction of sp³-hybridized carbons (Fsp3) is 0.261. The van der Waals surface area contributed by atoms with Gasteiger partial charge in [-0.05, 0) is 60.8 Å². The number of benzene rings is 2. The summed E-state index contributed by atoms with van der Waals surface area (Å²) >= 11 is 1.21. The number of nitrogens with zero attached hydrogens (tertiary/aromatic N) is 4. The summed E-state index contributed by atoms with van der Waals surface area (Å²) in [4.78, 5) is 20.9. The Balaban J connectivity index is 1.51. The lowest BCUT2D eigenvalue weighted by Gasteiger charge is -2.32. The Morgan fingerprint density at radius 2 is 1.82 bits per heavy atom. The molecule has 0 saturated carbocycles. The van der Waals surface area contributed by atoms with E-state index < -0.39 is 35.0 Å². The lowest BCUT2D eigenvalue weighted by atomic mass is 10.1. The average molecular weight is 490 g/mol. The summed E-state index contributed by atoms with van der Waals surface area (Å²) in [5.41, 5.74) is -1.04. The van der Waals surface area contributed by atoms with E-state index in [1.54, 1.807) is 6.07 Å². The Morgan fingerprint density at radius 3 is 2.47 bits per heavy atom. The van der Waals surface area contributed by atoms with Gasteiger partial charge >= 0.3 is 6.18 Å². The molecule has 2 aliphatic rings. The van der Waals surface area contributed by atoms with Gasteiger partial charge in [-0.3, -0.25) is 4.79 Å². The van der Waals surface area contributed by atoms with Crippen LogP contribution in [0.1, 0.15) is 16.7 Å². The van der Waals surface area contributed by atoms with Gasteiger partial charge in [-0.2, -0.15) is 23.4 Å². The zero-order chi connectivity index (χ0) is 24.5. The first kappa shape index (κ1) is 23.8. The number of likely N-dealkylation sites (N-methyl/N-ethyl adjacent to an activating group) is 1. The molecule has 34 heavy (non-hydrogen) atoms. The molecule has 0 radical (unpaired) electrons. The van der Waals surface area contributed by atoms with Crippen molar-refractivity contribution in [2.24, 2.45) is 4.99 Å². The molecule has 0 N–H and O–H groups in total. The Labute approximate surface area is 197 Å². The molecule has 1 amide bonds. The van der Waals surface area contributed by atoms with Gasteiger partial charge in [0.05, 0.1) is 22.1 Å². The Bertz CT molecular complexity index is 1230. The third-order valence-electron chi connectivity index (χ3n) is 5.27. The summed E-state index contributed by atoms with van der Waals surface area (Å²) < 4.78 is 59.9. The number of carbonyl (C=O) groups excluding carboxylic acids is 1. The summed E-state index contributed by atoms with van der Waals surface area (Å²) in [5, 5.41) is 9.46. The maximum Gasteiger partial charge on any atom is 0.420 e. The van der Waals surface area contributed by atoms with Crippen LogP contribution in [0.5, 0.6) is 11.5 Å². The second kappa shape index (κ2) is 9.48. The van der Waals surface area contributed by atoms with Crippen LogP contribution in [-0.2, 0) is 11.0 Å². The monoisotopic (exact) mass is 490 g/mol. The Kier molecular flexibility index (Phi) is 6.63. The minimum atomic E-state index is -4.79. The number of aliphatic imine (C=N–C) groups is 1. The number of ether oxygens (including phenoxy) is 1. The fourth-order valence-corrected chi connectivity index (χ4v) is 4.37. The number of alkyl halides is 3. The number of carbonyl (C=O) groups is 1. The number of thioether (sulfide) groups is 1. The van der Waals surface area contributed by atoms with Crippen LogP contribution >= 0.6 is 11.8 Å². The molecule has 2 aromatic rings. The van der Waals surface area contributed by atoms with Crippen molar-refractivity contribution >= 4 is 28.9 Å². The molecule has 2 aromatic carbocycles. The first-order chi connectivity index (χ1) is 16.1. The van der Waals surface area contributed by atoms with Gasteiger partial charge in [-0.25, -0.2) is 4.39 Å². The number of hydrogen-bond acceptors (Lipinski definition) is 6. The van der Waals surface area contributed by atoms with Crippen LogP contribution in [0.25, 0.3) is 6.08 Å². The molecule has 0 aromatic heterocycles. The van der Waals surface area contributed by atoms with E-state index >= 15 is 0 Å². The summed E-state index contributed by atoms with van der Waals surface area (Å²) in [7, 11) is 2.02. The van der Waals surface area contributed by atoms with Crippen LogP contribution in [-0.4, -0.2) is 54.1 Å². The largest absolute Gasteiger partial charge is 0.454 e. The molecule has 2 aliphatic heterocycles. The van der Waals surface area contributed by atoms with Crippen LogP contribution < -0.4 is 4.74 Å². The molecule has 11 heteroatoms. The number of amidine groups is 1. The summed E-state index contributed by atoms with van der Waals surface area (Å²) in [6, 6.07) is 8.10. The summed E-state index contributed by atoms with van der Waals surface area (Å²) in [6.45, 7) is 3.21. The van der Waals surface area contributed by atoms with Crippen LogP contribution in [0.4, 0.5) is 17.6 Å². The van der Waals surface area contributed by atoms with Crippen LogP contribution in [0, 0.1) is 17.1 Å².